The maximum Gasteiger partial charge on any atom is 0.306 e. The van der Waals surface area contributed by atoms with Crippen molar-refractivity contribution < 1.29 is 28.6 Å². The Bertz CT molecular complexity index is 900. The third-order valence-electron chi connectivity index (χ3n) is 12.0. The Kier molecular flexibility index (Phi) is 44.7. The molecule has 0 saturated carbocycles. The van der Waals surface area contributed by atoms with Crippen LogP contribution < -0.4 is 0 Å². The first-order valence-electron chi connectivity index (χ1n) is 26.2. The van der Waals surface area contributed by atoms with Gasteiger partial charge in [0, 0.05) is 19.3 Å². The lowest BCUT2D eigenvalue weighted by Gasteiger charge is -2.18. The maximum atomic E-state index is 12.8. The van der Waals surface area contributed by atoms with E-state index in [4.69, 9.17) is 14.2 Å². The first kappa shape index (κ1) is 57.4. The Morgan fingerprint density at radius 2 is 0.559 bits per heavy atom. The second-order valence-corrected chi connectivity index (χ2v) is 19.1. The fourth-order valence-corrected chi connectivity index (χ4v) is 7.99. The van der Waals surface area contributed by atoms with Crippen molar-refractivity contribution in [3.05, 3.63) is 0 Å². The Morgan fingerprint density at radius 1 is 0.322 bits per heavy atom. The summed E-state index contributed by atoms with van der Waals surface area (Å²) in [5.74, 6) is 0.812. The summed E-state index contributed by atoms with van der Waals surface area (Å²) in [6.45, 7) is 11.4. The largest absolute Gasteiger partial charge is 0.462 e. The van der Waals surface area contributed by atoms with Crippen molar-refractivity contribution in [3.8, 4) is 0 Å². The maximum absolute atomic E-state index is 12.8. The molecule has 0 aliphatic rings. The highest BCUT2D eigenvalue weighted by Gasteiger charge is 2.19. The Labute approximate surface area is 368 Å². The zero-order valence-electron chi connectivity index (χ0n) is 40.4. The SMILES string of the molecule is CCCCCCCCCCCCCCC(=O)OC[C@H](COC(=O)CCCCCCCCCCCCCC(C)C)OC(=O)CCCCCCCCCCCCCCC(C)C. The topological polar surface area (TPSA) is 78.9 Å². The van der Waals surface area contributed by atoms with Gasteiger partial charge >= 0.3 is 17.9 Å². The normalized spacial score (nSPS) is 12.1. The van der Waals surface area contributed by atoms with E-state index in [1.165, 1.54) is 180 Å². The van der Waals surface area contributed by atoms with Gasteiger partial charge in [-0.1, -0.05) is 253 Å². The van der Waals surface area contributed by atoms with Gasteiger partial charge in [0.15, 0.2) is 6.10 Å². The van der Waals surface area contributed by atoms with Crippen molar-refractivity contribution in [2.24, 2.45) is 11.8 Å². The zero-order chi connectivity index (χ0) is 43.3. The number of esters is 3. The molecule has 0 aromatic heterocycles. The minimum absolute atomic E-state index is 0.0635. The van der Waals surface area contributed by atoms with Gasteiger partial charge in [0.2, 0.25) is 0 Å². The van der Waals surface area contributed by atoms with Crippen molar-refractivity contribution in [2.45, 2.75) is 298 Å². The van der Waals surface area contributed by atoms with Crippen LogP contribution >= 0.6 is 0 Å². The molecule has 0 radical (unpaired) electrons. The fraction of sp³-hybridized carbons (Fsp3) is 0.943. The van der Waals surface area contributed by atoms with Crippen LogP contribution in [0.15, 0.2) is 0 Å². The van der Waals surface area contributed by atoms with Crippen molar-refractivity contribution in [1.29, 1.82) is 0 Å². The van der Waals surface area contributed by atoms with Crippen LogP contribution in [0.2, 0.25) is 0 Å². The summed E-state index contributed by atoms with van der Waals surface area (Å²) in [6, 6.07) is 0. The van der Waals surface area contributed by atoms with E-state index in [0.717, 1.165) is 69.6 Å². The summed E-state index contributed by atoms with van der Waals surface area (Å²) in [5.41, 5.74) is 0. The summed E-state index contributed by atoms with van der Waals surface area (Å²) in [4.78, 5) is 38.0. The summed E-state index contributed by atoms with van der Waals surface area (Å²) >= 11 is 0. The number of unbranched alkanes of at least 4 members (excludes halogenated alkanes) is 32. The lowest BCUT2D eigenvalue weighted by molar-refractivity contribution is -0.167. The number of hydrogen-bond donors (Lipinski definition) is 0. The van der Waals surface area contributed by atoms with Crippen molar-refractivity contribution in [1.82, 2.24) is 0 Å². The molecule has 0 aliphatic carbocycles. The van der Waals surface area contributed by atoms with Crippen LogP contribution in [0.1, 0.15) is 291 Å². The quantitative estimate of drug-likeness (QED) is 0.0345. The Morgan fingerprint density at radius 3 is 0.831 bits per heavy atom. The highest BCUT2D eigenvalue weighted by molar-refractivity contribution is 5.71. The fourth-order valence-electron chi connectivity index (χ4n) is 7.99. The molecule has 6 nitrogen and oxygen atoms in total. The molecule has 0 N–H and O–H groups in total. The number of rotatable bonds is 47. The molecular formula is C53H102O6. The second kappa shape index (κ2) is 45.9. The van der Waals surface area contributed by atoms with E-state index in [0.29, 0.717) is 19.3 Å². The number of ether oxygens (including phenoxy) is 3. The predicted octanol–water partition coefficient (Wildman–Crippen LogP) is 16.9. The molecule has 59 heavy (non-hydrogen) atoms. The predicted molar refractivity (Wildman–Crippen MR) is 252 cm³/mol. The first-order valence-corrected chi connectivity index (χ1v) is 26.2. The molecule has 0 unspecified atom stereocenters. The lowest BCUT2D eigenvalue weighted by atomic mass is 10.0. The number of carbonyl (C=O) groups is 3. The first-order chi connectivity index (χ1) is 28.7. The van der Waals surface area contributed by atoms with Crippen LogP contribution in [0.3, 0.4) is 0 Å². The summed E-state index contributed by atoms with van der Waals surface area (Å²) in [6.07, 6.45) is 46.5. The van der Waals surface area contributed by atoms with E-state index in [1.807, 2.05) is 0 Å². The van der Waals surface area contributed by atoms with Gasteiger partial charge in [-0.2, -0.15) is 0 Å². The number of carbonyl (C=O) groups excluding carboxylic acids is 3. The van der Waals surface area contributed by atoms with Gasteiger partial charge in [-0.3, -0.25) is 14.4 Å². The van der Waals surface area contributed by atoms with Crippen LogP contribution in [-0.2, 0) is 28.6 Å². The van der Waals surface area contributed by atoms with Crippen molar-refractivity contribution >= 4 is 17.9 Å². The molecule has 1 atom stereocenters. The monoisotopic (exact) mass is 835 g/mol. The minimum Gasteiger partial charge on any atom is -0.462 e. The molecule has 0 amide bonds. The average molecular weight is 835 g/mol. The molecule has 0 bridgehead atoms. The molecule has 0 heterocycles. The van der Waals surface area contributed by atoms with E-state index in [1.54, 1.807) is 0 Å². The van der Waals surface area contributed by atoms with Crippen molar-refractivity contribution in [2.75, 3.05) is 13.2 Å². The van der Waals surface area contributed by atoms with Gasteiger partial charge in [-0.25, -0.2) is 0 Å². The molecule has 0 spiro atoms. The molecule has 0 fully saturated rings. The van der Waals surface area contributed by atoms with Gasteiger partial charge < -0.3 is 14.2 Å². The number of hydrogen-bond acceptors (Lipinski definition) is 6. The highest BCUT2D eigenvalue weighted by atomic mass is 16.6. The zero-order valence-corrected chi connectivity index (χ0v) is 40.4. The third-order valence-corrected chi connectivity index (χ3v) is 12.0. The van der Waals surface area contributed by atoms with Crippen LogP contribution in [0.4, 0.5) is 0 Å². The minimum atomic E-state index is -0.761. The molecule has 0 aliphatic heterocycles. The van der Waals surface area contributed by atoms with Gasteiger partial charge in [-0.15, -0.1) is 0 Å². The van der Waals surface area contributed by atoms with Gasteiger partial charge in [0.1, 0.15) is 13.2 Å². The van der Waals surface area contributed by atoms with Gasteiger partial charge in [0.05, 0.1) is 0 Å². The van der Waals surface area contributed by atoms with Crippen LogP contribution in [0.5, 0.6) is 0 Å². The average Bonchev–Trinajstić information content (AvgIpc) is 3.20. The lowest BCUT2D eigenvalue weighted by Crippen LogP contribution is -2.30. The smallest absolute Gasteiger partial charge is 0.306 e. The van der Waals surface area contributed by atoms with E-state index < -0.39 is 6.10 Å². The summed E-state index contributed by atoms with van der Waals surface area (Å²) < 4.78 is 16.8. The highest BCUT2D eigenvalue weighted by Crippen LogP contribution is 2.17. The Balaban J connectivity index is 4.32. The molecule has 0 saturated heterocycles. The van der Waals surface area contributed by atoms with E-state index in [-0.39, 0.29) is 31.1 Å². The molecule has 0 rings (SSSR count). The summed E-state index contributed by atoms with van der Waals surface area (Å²) in [7, 11) is 0. The Hall–Kier alpha value is -1.59. The van der Waals surface area contributed by atoms with Crippen molar-refractivity contribution in [3.63, 3.8) is 0 Å². The second-order valence-electron chi connectivity index (χ2n) is 19.1. The van der Waals surface area contributed by atoms with E-state index >= 15 is 0 Å². The van der Waals surface area contributed by atoms with E-state index in [9.17, 15) is 14.4 Å². The van der Waals surface area contributed by atoms with Crippen LogP contribution in [-0.4, -0.2) is 37.2 Å². The van der Waals surface area contributed by atoms with E-state index in [2.05, 4.69) is 34.6 Å². The van der Waals surface area contributed by atoms with Gasteiger partial charge in [0.25, 0.3) is 0 Å². The molecule has 350 valence electrons. The standard InChI is InChI=1S/C53H102O6/c1-6-7-8-9-10-11-12-18-23-28-33-38-43-51(54)57-46-50(47-58-52(55)44-39-34-29-24-20-15-17-22-27-32-37-42-49(4)5)59-53(56)45-40-35-30-25-19-14-13-16-21-26-31-36-41-48(2)3/h48-50H,6-47H2,1-5H3/t50-/m1/s1. The molecular weight excluding hydrogens is 733 g/mol. The molecule has 0 aromatic rings. The molecule has 0 aromatic carbocycles. The third kappa shape index (κ3) is 47.3. The van der Waals surface area contributed by atoms with Crippen LogP contribution in [0.25, 0.3) is 0 Å². The molecule has 6 heteroatoms. The summed E-state index contributed by atoms with van der Waals surface area (Å²) in [5, 5.41) is 0. The van der Waals surface area contributed by atoms with Gasteiger partial charge in [-0.05, 0) is 31.1 Å². The van der Waals surface area contributed by atoms with Crippen LogP contribution in [0, 0.1) is 11.8 Å².